The number of nitrogens with one attached hydrogen (secondary N) is 1. The number of aromatic nitrogens is 3. The Balaban J connectivity index is 1.67. The molecule has 1 aromatic carbocycles. The minimum absolute atomic E-state index is 0.0996. The van der Waals surface area contributed by atoms with E-state index >= 15 is 0 Å². The third-order valence-electron chi connectivity index (χ3n) is 5.98. The van der Waals surface area contributed by atoms with Gasteiger partial charge in [-0.2, -0.15) is 0 Å². The molecule has 146 valence electrons. The second-order valence-electron chi connectivity index (χ2n) is 7.49. The van der Waals surface area contributed by atoms with E-state index in [4.69, 9.17) is 5.73 Å². The second-order valence-corrected chi connectivity index (χ2v) is 7.49. The van der Waals surface area contributed by atoms with E-state index in [1.54, 1.807) is 23.2 Å². The summed E-state index contributed by atoms with van der Waals surface area (Å²) in [6, 6.07) is 10.4. The highest BCUT2D eigenvalue weighted by Gasteiger charge is 2.60. The molecular formula is C21H20N6O2. The van der Waals surface area contributed by atoms with E-state index in [1.807, 2.05) is 42.1 Å². The van der Waals surface area contributed by atoms with Gasteiger partial charge in [-0.3, -0.25) is 9.59 Å². The number of carbonyl (C=O) groups is 2. The molecule has 0 aliphatic carbocycles. The minimum atomic E-state index is -0.882. The van der Waals surface area contributed by atoms with Gasteiger partial charge in [0.2, 0.25) is 5.91 Å². The number of fused-ring (bicyclic) bond motifs is 2. The number of benzene rings is 1. The first-order chi connectivity index (χ1) is 14.0. The molecule has 2 aliphatic rings. The lowest BCUT2D eigenvalue weighted by atomic mass is 9.74. The van der Waals surface area contributed by atoms with Crippen molar-refractivity contribution in [2.75, 3.05) is 17.6 Å². The number of likely N-dealkylation sites (tertiary alicyclic amines) is 1. The number of imidazole rings is 1. The molecule has 0 bridgehead atoms. The van der Waals surface area contributed by atoms with E-state index in [2.05, 4.69) is 15.3 Å². The van der Waals surface area contributed by atoms with Crippen molar-refractivity contribution < 1.29 is 9.59 Å². The summed E-state index contributed by atoms with van der Waals surface area (Å²) < 4.78 is 1.87. The highest BCUT2D eigenvalue weighted by molar-refractivity contribution is 6.08. The summed E-state index contributed by atoms with van der Waals surface area (Å²) in [6.07, 6.45) is 5.50. The van der Waals surface area contributed by atoms with Crippen LogP contribution in [0.3, 0.4) is 0 Å². The molecule has 1 spiro atoms. The van der Waals surface area contributed by atoms with Gasteiger partial charge in [0, 0.05) is 37.9 Å². The van der Waals surface area contributed by atoms with Crippen molar-refractivity contribution >= 4 is 23.3 Å². The zero-order chi connectivity index (χ0) is 20.2. The number of amides is 2. The van der Waals surface area contributed by atoms with Gasteiger partial charge in [-0.25, -0.2) is 9.97 Å². The van der Waals surface area contributed by atoms with Gasteiger partial charge in [0.05, 0.1) is 5.56 Å². The summed E-state index contributed by atoms with van der Waals surface area (Å²) in [7, 11) is 1.88. The number of hydrogen-bond acceptors (Lipinski definition) is 5. The quantitative estimate of drug-likeness (QED) is 0.697. The lowest BCUT2D eigenvalue weighted by molar-refractivity contribution is -0.121. The van der Waals surface area contributed by atoms with Crippen LogP contribution in [0, 0.1) is 0 Å². The molecule has 1 fully saturated rings. The maximum atomic E-state index is 13.4. The van der Waals surface area contributed by atoms with Crippen molar-refractivity contribution in [2.24, 2.45) is 7.05 Å². The first-order valence-corrected chi connectivity index (χ1v) is 9.43. The average molecular weight is 388 g/mol. The summed E-state index contributed by atoms with van der Waals surface area (Å²) in [6.45, 7) is 0.433. The molecule has 2 amide bonds. The van der Waals surface area contributed by atoms with E-state index in [-0.39, 0.29) is 11.8 Å². The molecule has 1 saturated heterocycles. The number of carbonyl (C=O) groups excluding carboxylic acids is 2. The molecule has 0 unspecified atom stereocenters. The van der Waals surface area contributed by atoms with Crippen LogP contribution in [0.1, 0.15) is 34.2 Å². The topological polar surface area (TPSA) is 106 Å². The summed E-state index contributed by atoms with van der Waals surface area (Å²) in [4.78, 5) is 37.0. The number of nitrogens with zero attached hydrogens (tertiary/aromatic N) is 4. The van der Waals surface area contributed by atoms with Crippen molar-refractivity contribution in [3.8, 4) is 0 Å². The molecule has 3 aromatic rings. The molecule has 0 saturated carbocycles. The van der Waals surface area contributed by atoms with Gasteiger partial charge in [0.25, 0.3) is 5.91 Å². The fraction of sp³-hybridized carbons (Fsp3) is 0.238. The Morgan fingerprint density at radius 2 is 2.07 bits per heavy atom. The molecule has 2 atom stereocenters. The van der Waals surface area contributed by atoms with Gasteiger partial charge in [-0.1, -0.05) is 18.2 Å². The highest BCUT2D eigenvalue weighted by Crippen LogP contribution is 2.54. The van der Waals surface area contributed by atoms with Gasteiger partial charge in [-0.15, -0.1) is 0 Å². The molecule has 0 radical (unpaired) electrons. The molecule has 4 heterocycles. The molecule has 8 heteroatoms. The number of pyridine rings is 1. The van der Waals surface area contributed by atoms with Crippen molar-refractivity contribution in [2.45, 2.75) is 17.9 Å². The second kappa shape index (κ2) is 6.16. The van der Waals surface area contributed by atoms with Crippen LogP contribution in [0.25, 0.3) is 0 Å². The van der Waals surface area contributed by atoms with Crippen LogP contribution in [0.15, 0.2) is 55.0 Å². The first kappa shape index (κ1) is 17.4. The third kappa shape index (κ3) is 2.38. The smallest absolute Gasteiger partial charge is 0.256 e. The van der Waals surface area contributed by atoms with Gasteiger partial charge in [0.15, 0.2) is 0 Å². The van der Waals surface area contributed by atoms with Gasteiger partial charge in [-0.05, 0) is 30.2 Å². The van der Waals surface area contributed by atoms with Crippen LogP contribution in [0.2, 0.25) is 0 Å². The van der Waals surface area contributed by atoms with Crippen molar-refractivity contribution in [3.05, 3.63) is 71.9 Å². The zero-order valence-electron chi connectivity index (χ0n) is 15.9. The summed E-state index contributed by atoms with van der Waals surface area (Å²) in [5.74, 6) is 0.729. The third-order valence-corrected chi connectivity index (χ3v) is 5.98. The van der Waals surface area contributed by atoms with Crippen molar-refractivity contribution in [1.29, 1.82) is 0 Å². The van der Waals surface area contributed by atoms with Crippen LogP contribution < -0.4 is 11.1 Å². The molecular weight excluding hydrogens is 368 g/mol. The van der Waals surface area contributed by atoms with Crippen LogP contribution in [0.5, 0.6) is 0 Å². The Hall–Kier alpha value is -3.68. The number of rotatable bonds is 2. The maximum Gasteiger partial charge on any atom is 0.256 e. The first-order valence-electron chi connectivity index (χ1n) is 9.43. The SMILES string of the molecule is Cn1ccnc1[C@@H]1N(C(=O)c2ccc(N)nc2)CC[C@]12C(=O)Nc1ccccc12. The Labute approximate surface area is 167 Å². The molecule has 5 rings (SSSR count). The Bertz CT molecular complexity index is 1120. The molecule has 29 heavy (non-hydrogen) atoms. The predicted molar refractivity (Wildman–Crippen MR) is 107 cm³/mol. The summed E-state index contributed by atoms with van der Waals surface area (Å²) in [5, 5.41) is 3.01. The number of nitrogen functional groups attached to an aromatic ring is 1. The van der Waals surface area contributed by atoms with E-state index in [0.29, 0.717) is 30.2 Å². The predicted octanol–water partition coefficient (Wildman–Crippen LogP) is 1.87. The van der Waals surface area contributed by atoms with Gasteiger partial charge in [0.1, 0.15) is 23.1 Å². The number of anilines is 2. The Kier molecular flexibility index (Phi) is 3.70. The minimum Gasteiger partial charge on any atom is -0.384 e. The molecule has 8 nitrogen and oxygen atoms in total. The van der Waals surface area contributed by atoms with Crippen LogP contribution in [-0.2, 0) is 17.3 Å². The number of aryl methyl sites for hydroxylation is 1. The number of hydrogen-bond donors (Lipinski definition) is 2. The molecule has 2 aromatic heterocycles. The zero-order valence-corrected chi connectivity index (χ0v) is 15.9. The maximum absolute atomic E-state index is 13.4. The summed E-state index contributed by atoms with van der Waals surface area (Å²) in [5.41, 5.74) is 6.92. The number of para-hydroxylation sites is 1. The lowest BCUT2D eigenvalue weighted by Gasteiger charge is -2.33. The van der Waals surface area contributed by atoms with E-state index < -0.39 is 11.5 Å². The molecule has 2 aliphatic heterocycles. The van der Waals surface area contributed by atoms with Crippen molar-refractivity contribution in [3.63, 3.8) is 0 Å². The molecule has 3 N–H and O–H groups in total. The fourth-order valence-corrected chi connectivity index (χ4v) is 4.60. The largest absolute Gasteiger partial charge is 0.384 e. The van der Waals surface area contributed by atoms with Crippen molar-refractivity contribution in [1.82, 2.24) is 19.4 Å². The monoisotopic (exact) mass is 388 g/mol. The number of nitrogens with two attached hydrogens (primary N) is 1. The Morgan fingerprint density at radius 1 is 1.24 bits per heavy atom. The van der Waals surface area contributed by atoms with Crippen LogP contribution in [0.4, 0.5) is 11.5 Å². The fourth-order valence-electron chi connectivity index (χ4n) is 4.60. The Morgan fingerprint density at radius 3 is 2.79 bits per heavy atom. The summed E-state index contributed by atoms with van der Waals surface area (Å²) >= 11 is 0. The van der Waals surface area contributed by atoms with Crippen LogP contribution in [-0.4, -0.2) is 37.8 Å². The average Bonchev–Trinajstić information content (AvgIpc) is 3.39. The van der Waals surface area contributed by atoms with E-state index in [9.17, 15) is 9.59 Å². The van der Waals surface area contributed by atoms with Gasteiger partial charge >= 0.3 is 0 Å². The van der Waals surface area contributed by atoms with Gasteiger partial charge < -0.3 is 20.5 Å². The normalized spacial score (nSPS) is 22.7. The van der Waals surface area contributed by atoms with Crippen LogP contribution >= 0.6 is 0 Å². The standard InChI is InChI=1S/C21H20N6O2/c1-26-11-9-23-18(26)17-21(14-4-2-3-5-15(14)25-20(21)29)8-10-27(17)19(28)13-6-7-16(22)24-12-13/h2-7,9,11-12,17H,8,10H2,1H3,(H2,22,24)(H,25,29)/t17-,21+/m0/s1. The van der Waals surface area contributed by atoms with E-state index in [0.717, 1.165) is 11.3 Å². The lowest BCUT2D eigenvalue weighted by Crippen LogP contribution is -2.43. The van der Waals surface area contributed by atoms with E-state index in [1.165, 1.54) is 6.20 Å². The highest BCUT2D eigenvalue weighted by atomic mass is 16.2.